The predicted octanol–water partition coefficient (Wildman–Crippen LogP) is 1.65. The first-order valence-corrected chi connectivity index (χ1v) is 6.13. The van der Waals surface area contributed by atoms with E-state index in [2.05, 4.69) is 25.8 Å². The summed E-state index contributed by atoms with van der Waals surface area (Å²) in [6, 6.07) is 0.556. The maximum Gasteiger partial charge on any atom is 0.0788 e. The van der Waals surface area contributed by atoms with Crippen molar-refractivity contribution >= 4 is 0 Å². The highest BCUT2D eigenvalue weighted by atomic mass is 16.5. The molecule has 0 aromatic carbocycles. The molecule has 0 bridgehead atoms. The lowest BCUT2D eigenvalue weighted by molar-refractivity contribution is -0.0126. The molecule has 1 aliphatic rings. The lowest BCUT2D eigenvalue weighted by Gasteiger charge is -2.23. The smallest absolute Gasteiger partial charge is 0.0788 e. The second-order valence-corrected chi connectivity index (χ2v) is 4.72. The minimum Gasteiger partial charge on any atom is -0.391 e. The lowest BCUT2D eigenvalue weighted by Crippen LogP contribution is -2.31. The number of aliphatic hydroxyl groups is 1. The fourth-order valence-electron chi connectivity index (χ4n) is 2.05. The number of likely N-dealkylation sites (tertiary alicyclic amines) is 1. The van der Waals surface area contributed by atoms with E-state index in [4.69, 9.17) is 4.74 Å². The molecule has 3 unspecified atom stereocenters. The minimum atomic E-state index is -0.301. The molecule has 90 valence electrons. The van der Waals surface area contributed by atoms with Gasteiger partial charge in [-0.05, 0) is 46.2 Å². The van der Waals surface area contributed by atoms with Gasteiger partial charge in [0.25, 0.3) is 0 Å². The largest absolute Gasteiger partial charge is 0.391 e. The van der Waals surface area contributed by atoms with Crippen LogP contribution in [0.2, 0.25) is 0 Å². The molecule has 0 radical (unpaired) electrons. The molecule has 15 heavy (non-hydrogen) atoms. The molecule has 0 amide bonds. The third-order valence-corrected chi connectivity index (χ3v) is 3.36. The molecular weight excluding hydrogens is 190 g/mol. The van der Waals surface area contributed by atoms with E-state index >= 15 is 0 Å². The maximum absolute atomic E-state index is 9.82. The average Bonchev–Trinajstić information content (AvgIpc) is 2.61. The summed E-state index contributed by atoms with van der Waals surface area (Å²) in [6.07, 6.45) is 4.31. The quantitative estimate of drug-likeness (QED) is 0.731. The molecule has 1 heterocycles. The summed E-state index contributed by atoms with van der Waals surface area (Å²) in [5, 5.41) is 9.82. The standard InChI is InChI=1S/C12H25NO2/c1-4-10(2)15-9-12(14)8-11-6-5-7-13(11)3/h10-12,14H,4-9H2,1-3H3. The van der Waals surface area contributed by atoms with Crippen LogP contribution in [0.3, 0.4) is 0 Å². The summed E-state index contributed by atoms with van der Waals surface area (Å²) in [7, 11) is 2.14. The first kappa shape index (κ1) is 12.9. The third kappa shape index (κ3) is 4.49. The van der Waals surface area contributed by atoms with Crippen LogP contribution < -0.4 is 0 Å². The zero-order chi connectivity index (χ0) is 11.3. The highest BCUT2D eigenvalue weighted by Crippen LogP contribution is 2.19. The summed E-state index contributed by atoms with van der Waals surface area (Å²) in [4.78, 5) is 2.34. The van der Waals surface area contributed by atoms with E-state index in [0.717, 1.165) is 12.8 Å². The monoisotopic (exact) mass is 215 g/mol. The SMILES string of the molecule is CCC(C)OCC(O)CC1CCCN1C. The third-order valence-electron chi connectivity index (χ3n) is 3.36. The second kappa shape index (κ2) is 6.46. The van der Waals surface area contributed by atoms with Crippen LogP contribution in [0.1, 0.15) is 39.5 Å². The molecule has 1 rings (SSSR count). The number of rotatable bonds is 6. The Morgan fingerprint density at radius 2 is 2.27 bits per heavy atom. The van der Waals surface area contributed by atoms with E-state index < -0.39 is 0 Å². The van der Waals surface area contributed by atoms with Crippen molar-refractivity contribution in [2.75, 3.05) is 20.2 Å². The lowest BCUT2D eigenvalue weighted by atomic mass is 10.1. The van der Waals surface area contributed by atoms with Crippen molar-refractivity contribution in [1.82, 2.24) is 4.90 Å². The van der Waals surface area contributed by atoms with Gasteiger partial charge >= 0.3 is 0 Å². The Morgan fingerprint density at radius 3 is 2.80 bits per heavy atom. The van der Waals surface area contributed by atoms with Crippen LogP contribution in [0.15, 0.2) is 0 Å². The van der Waals surface area contributed by atoms with Crippen molar-refractivity contribution in [2.45, 2.75) is 57.8 Å². The fourth-order valence-corrected chi connectivity index (χ4v) is 2.05. The van der Waals surface area contributed by atoms with Crippen molar-refractivity contribution < 1.29 is 9.84 Å². The molecule has 1 saturated heterocycles. The van der Waals surface area contributed by atoms with Gasteiger partial charge in [-0.3, -0.25) is 0 Å². The first-order valence-electron chi connectivity index (χ1n) is 6.13. The molecule has 3 heteroatoms. The fraction of sp³-hybridized carbons (Fsp3) is 1.00. The minimum absolute atomic E-state index is 0.265. The Labute approximate surface area is 93.4 Å². The molecule has 3 atom stereocenters. The molecule has 1 N–H and O–H groups in total. The van der Waals surface area contributed by atoms with Gasteiger partial charge in [-0.25, -0.2) is 0 Å². The van der Waals surface area contributed by atoms with Crippen molar-refractivity contribution in [3.63, 3.8) is 0 Å². The summed E-state index contributed by atoms with van der Waals surface area (Å²) in [6.45, 7) is 5.80. The van der Waals surface area contributed by atoms with Crippen LogP contribution in [-0.2, 0) is 4.74 Å². The number of hydrogen-bond acceptors (Lipinski definition) is 3. The van der Waals surface area contributed by atoms with Crippen molar-refractivity contribution in [3.05, 3.63) is 0 Å². The van der Waals surface area contributed by atoms with Crippen LogP contribution in [0.25, 0.3) is 0 Å². The van der Waals surface area contributed by atoms with Gasteiger partial charge < -0.3 is 14.7 Å². The van der Waals surface area contributed by atoms with Crippen LogP contribution in [0.4, 0.5) is 0 Å². The van der Waals surface area contributed by atoms with Gasteiger partial charge in [0.05, 0.1) is 18.8 Å². The van der Waals surface area contributed by atoms with Gasteiger partial charge in [0, 0.05) is 6.04 Å². The summed E-state index contributed by atoms with van der Waals surface area (Å²) >= 11 is 0. The predicted molar refractivity (Wildman–Crippen MR) is 62.0 cm³/mol. The number of aliphatic hydroxyl groups excluding tert-OH is 1. The number of hydrogen-bond donors (Lipinski definition) is 1. The average molecular weight is 215 g/mol. The van der Waals surface area contributed by atoms with Crippen molar-refractivity contribution in [3.8, 4) is 0 Å². The molecular formula is C12H25NO2. The number of ether oxygens (including phenoxy) is 1. The van der Waals surface area contributed by atoms with Gasteiger partial charge in [-0.2, -0.15) is 0 Å². The normalized spacial score (nSPS) is 26.8. The summed E-state index contributed by atoms with van der Waals surface area (Å²) < 4.78 is 5.53. The number of nitrogens with zero attached hydrogens (tertiary/aromatic N) is 1. The molecule has 0 aliphatic carbocycles. The van der Waals surface area contributed by atoms with Gasteiger partial charge in [0.15, 0.2) is 0 Å². The van der Waals surface area contributed by atoms with E-state index in [1.165, 1.54) is 19.4 Å². The van der Waals surface area contributed by atoms with E-state index in [1.807, 2.05) is 0 Å². The maximum atomic E-state index is 9.82. The Balaban J connectivity index is 2.14. The highest BCUT2D eigenvalue weighted by molar-refractivity contribution is 4.78. The van der Waals surface area contributed by atoms with Gasteiger partial charge in [-0.1, -0.05) is 6.92 Å². The van der Waals surface area contributed by atoms with E-state index in [-0.39, 0.29) is 12.2 Å². The van der Waals surface area contributed by atoms with Gasteiger partial charge in [-0.15, -0.1) is 0 Å². The van der Waals surface area contributed by atoms with E-state index in [0.29, 0.717) is 12.6 Å². The Morgan fingerprint density at radius 1 is 1.53 bits per heavy atom. The van der Waals surface area contributed by atoms with Gasteiger partial charge in [0.1, 0.15) is 0 Å². The molecule has 1 aliphatic heterocycles. The Hall–Kier alpha value is -0.120. The van der Waals surface area contributed by atoms with Crippen LogP contribution in [0, 0.1) is 0 Å². The molecule has 0 saturated carbocycles. The summed E-state index contributed by atoms with van der Waals surface area (Å²) in [5.41, 5.74) is 0. The van der Waals surface area contributed by atoms with E-state index in [1.54, 1.807) is 0 Å². The zero-order valence-corrected chi connectivity index (χ0v) is 10.3. The Kier molecular flexibility index (Phi) is 5.58. The summed E-state index contributed by atoms with van der Waals surface area (Å²) in [5.74, 6) is 0. The van der Waals surface area contributed by atoms with Crippen LogP contribution in [-0.4, -0.2) is 48.5 Å². The van der Waals surface area contributed by atoms with E-state index in [9.17, 15) is 5.11 Å². The molecule has 0 aromatic rings. The second-order valence-electron chi connectivity index (χ2n) is 4.72. The van der Waals surface area contributed by atoms with Gasteiger partial charge in [0.2, 0.25) is 0 Å². The van der Waals surface area contributed by atoms with Crippen molar-refractivity contribution in [2.24, 2.45) is 0 Å². The topological polar surface area (TPSA) is 32.7 Å². The molecule has 0 aromatic heterocycles. The highest BCUT2D eigenvalue weighted by Gasteiger charge is 2.23. The van der Waals surface area contributed by atoms with Crippen LogP contribution in [0.5, 0.6) is 0 Å². The molecule has 1 fully saturated rings. The molecule has 0 spiro atoms. The zero-order valence-electron chi connectivity index (χ0n) is 10.3. The molecule has 3 nitrogen and oxygen atoms in total. The van der Waals surface area contributed by atoms with Crippen molar-refractivity contribution in [1.29, 1.82) is 0 Å². The van der Waals surface area contributed by atoms with Crippen LogP contribution >= 0.6 is 0 Å². The Bertz CT molecular complexity index is 175. The first-order chi connectivity index (χ1) is 7.13.